The number of para-hydroxylation sites is 1. The minimum Gasteiger partial charge on any atom is -0.368 e. The second kappa shape index (κ2) is 5.77. The van der Waals surface area contributed by atoms with Crippen molar-refractivity contribution in [3.63, 3.8) is 0 Å². The van der Waals surface area contributed by atoms with Gasteiger partial charge in [0.1, 0.15) is 0 Å². The topological polar surface area (TPSA) is 50.2 Å². The van der Waals surface area contributed by atoms with Crippen molar-refractivity contribution in [1.29, 1.82) is 0 Å². The molecule has 1 aliphatic rings. The van der Waals surface area contributed by atoms with Gasteiger partial charge in [0.2, 0.25) is 0 Å². The molecule has 1 N–H and O–H groups in total. The van der Waals surface area contributed by atoms with Gasteiger partial charge >= 0.3 is 0 Å². The molecule has 0 bridgehead atoms. The molecule has 6 heteroatoms. The van der Waals surface area contributed by atoms with E-state index in [2.05, 4.69) is 15.2 Å². The maximum Gasteiger partial charge on any atom is 0.293 e. The molecule has 0 amide bonds. The predicted molar refractivity (Wildman–Crippen MR) is 85.2 cm³/mol. The van der Waals surface area contributed by atoms with Crippen LogP contribution in [0, 0.1) is 0 Å². The Kier molecular flexibility index (Phi) is 3.84. The van der Waals surface area contributed by atoms with E-state index in [0.29, 0.717) is 5.82 Å². The van der Waals surface area contributed by atoms with E-state index in [1.807, 2.05) is 24.3 Å². The van der Waals surface area contributed by atoms with E-state index in [4.69, 9.17) is 11.6 Å². The average Bonchev–Trinajstić information content (AvgIpc) is 2.93. The Morgan fingerprint density at radius 3 is 3.00 bits per heavy atom. The lowest BCUT2D eigenvalue weighted by molar-refractivity contribution is 0.778. The smallest absolute Gasteiger partial charge is 0.293 e. The van der Waals surface area contributed by atoms with E-state index in [0.717, 1.165) is 30.2 Å². The van der Waals surface area contributed by atoms with Gasteiger partial charge in [-0.15, -0.1) is 0 Å². The Balaban J connectivity index is 1.72. The highest BCUT2D eigenvalue weighted by Crippen LogP contribution is 2.28. The molecule has 0 spiro atoms. The zero-order valence-electron chi connectivity index (χ0n) is 11.8. The van der Waals surface area contributed by atoms with Crippen molar-refractivity contribution in [3.8, 4) is 0 Å². The zero-order chi connectivity index (χ0) is 14.8. The van der Waals surface area contributed by atoms with Gasteiger partial charge in [-0.1, -0.05) is 23.7 Å². The second-order valence-corrected chi connectivity index (χ2v) is 5.63. The largest absolute Gasteiger partial charge is 0.368 e. The fourth-order valence-electron chi connectivity index (χ4n) is 2.60. The number of aryl methyl sites for hydroxylation is 1. The molecular formula is C15H17ClN4O. The predicted octanol–water partition coefficient (Wildman–Crippen LogP) is 2.12. The van der Waals surface area contributed by atoms with Crippen LogP contribution in [-0.2, 0) is 7.05 Å². The minimum absolute atomic E-state index is 0.103. The van der Waals surface area contributed by atoms with Crippen LogP contribution in [0.2, 0.25) is 5.02 Å². The summed E-state index contributed by atoms with van der Waals surface area (Å²) in [6.07, 6.45) is 4.23. The molecule has 21 heavy (non-hydrogen) atoms. The Bertz CT molecular complexity index is 700. The minimum atomic E-state index is -0.103. The molecule has 2 heterocycles. The van der Waals surface area contributed by atoms with Crippen molar-refractivity contribution in [2.75, 3.05) is 23.3 Å². The van der Waals surface area contributed by atoms with Crippen LogP contribution in [0.5, 0.6) is 0 Å². The SMILES string of the molecule is Cn1ccnc(NC2CCN(c3ccccc3Cl)C2)c1=O. The molecule has 1 saturated heterocycles. The molecule has 1 unspecified atom stereocenters. The Morgan fingerprint density at radius 2 is 2.19 bits per heavy atom. The van der Waals surface area contributed by atoms with Crippen LogP contribution in [0.4, 0.5) is 11.5 Å². The van der Waals surface area contributed by atoms with E-state index in [-0.39, 0.29) is 11.6 Å². The fourth-order valence-corrected chi connectivity index (χ4v) is 2.85. The van der Waals surface area contributed by atoms with E-state index < -0.39 is 0 Å². The van der Waals surface area contributed by atoms with Crippen LogP contribution >= 0.6 is 11.6 Å². The molecule has 1 aromatic carbocycles. The summed E-state index contributed by atoms with van der Waals surface area (Å²) >= 11 is 6.23. The molecule has 1 aliphatic heterocycles. The van der Waals surface area contributed by atoms with Crippen molar-refractivity contribution in [2.24, 2.45) is 7.05 Å². The Labute approximate surface area is 128 Å². The van der Waals surface area contributed by atoms with Crippen LogP contribution in [-0.4, -0.2) is 28.7 Å². The lowest BCUT2D eigenvalue weighted by Gasteiger charge is -2.20. The van der Waals surface area contributed by atoms with Gasteiger partial charge in [0.05, 0.1) is 10.7 Å². The van der Waals surface area contributed by atoms with Gasteiger partial charge in [-0.3, -0.25) is 4.79 Å². The summed E-state index contributed by atoms with van der Waals surface area (Å²) in [5, 5.41) is 4.00. The van der Waals surface area contributed by atoms with Crippen LogP contribution in [0.1, 0.15) is 6.42 Å². The van der Waals surface area contributed by atoms with Gasteiger partial charge in [-0.25, -0.2) is 4.98 Å². The number of nitrogens with one attached hydrogen (secondary N) is 1. The fraction of sp³-hybridized carbons (Fsp3) is 0.333. The Hall–Kier alpha value is -2.01. The first-order valence-electron chi connectivity index (χ1n) is 6.93. The number of benzene rings is 1. The molecule has 5 nitrogen and oxygen atoms in total. The average molecular weight is 305 g/mol. The molecule has 2 aromatic rings. The lowest BCUT2D eigenvalue weighted by atomic mass is 10.2. The molecule has 1 aromatic heterocycles. The van der Waals surface area contributed by atoms with E-state index in [1.54, 1.807) is 19.4 Å². The molecule has 1 atom stereocenters. The van der Waals surface area contributed by atoms with Crippen molar-refractivity contribution in [1.82, 2.24) is 9.55 Å². The van der Waals surface area contributed by atoms with Crippen molar-refractivity contribution in [2.45, 2.75) is 12.5 Å². The highest BCUT2D eigenvalue weighted by Gasteiger charge is 2.24. The molecule has 0 saturated carbocycles. The normalized spacial score (nSPS) is 18.0. The summed E-state index contributed by atoms with van der Waals surface area (Å²) in [5.41, 5.74) is 0.936. The standard InChI is InChI=1S/C15H17ClN4O/c1-19-9-7-17-14(15(19)21)18-11-6-8-20(10-11)13-5-3-2-4-12(13)16/h2-5,7,9,11H,6,8,10H2,1H3,(H,17,18). The van der Waals surface area contributed by atoms with E-state index in [1.165, 1.54) is 4.57 Å². The van der Waals surface area contributed by atoms with Gasteiger partial charge in [-0.05, 0) is 18.6 Å². The van der Waals surface area contributed by atoms with Crippen LogP contribution in [0.25, 0.3) is 0 Å². The van der Waals surface area contributed by atoms with Crippen molar-refractivity contribution in [3.05, 3.63) is 52.0 Å². The van der Waals surface area contributed by atoms with Gasteiger partial charge in [0.25, 0.3) is 5.56 Å². The number of anilines is 2. The highest BCUT2D eigenvalue weighted by molar-refractivity contribution is 6.33. The van der Waals surface area contributed by atoms with E-state index >= 15 is 0 Å². The number of hydrogen-bond acceptors (Lipinski definition) is 4. The van der Waals surface area contributed by atoms with Crippen molar-refractivity contribution >= 4 is 23.1 Å². The second-order valence-electron chi connectivity index (χ2n) is 5.22. The number of halogens is 1. The summed E-state index contributed by atoms with van der Waals surface area (Å²) in [6.45, 7) is 1.72. The number of aromatic nitrogens is 2. The summed E-state index contributed by atoms with van der Waals surface area (Å²) in [7, 11) is 1.72. The van der Waals surface area contributed by atoms with Gasteiger partial charge in [0.15, 0.2) is 5.82 Å². The molecule has 0 radical (unpaired) electrons. The van der Waals surface area contributed by atoms with Gasteiger partial charge in [0, 0.05) is 38.6 Å². The molecule has 110 valence electrons. The molecule has 3 rings (SSSR count). The van der Waals surface area contributed by atoms with Crippen LogP contribution in [0.15, 0.2) is 41.5 Å². The third-order valence-corrected chi connectivity index (χ3v) is 4.06. The molecule has 1 fully saturated rings. The Morgan fingerprint density at radius 1 is 1.38 bits per heavy atom. The van der Waals surface area contributed by atoms with E-state index in [9.17, 15) is 4.79 Å². The number of rotatable bonds is 3. The van der Waals surface area contributed by atoms with Crippen LogP contribution in [0.3, 0.4) is 0 Å². The number of hydrogen-bond donors (Lipinski definition) is 1. The first-order valence-corrected chi connectivity index (χ1v) is 7.30. The maximum atomic E-state index is 12.0. The first-order chi connectivity index (χ1) is 10.1. The van der Waals surface area contributed by atoms with Gasteiger partial charge < -0.3 is 14.8 Å². The summed E-state index contributed by atoms with van der Waals surface area (Å²) in [6, 6.07) is 8.02. The summed E-state index contributed by atoms with van der Waals surface area (Å²) in [5.74, 6) is 0.408. The maximum absolute atomic E-state index is 12.0. The number of nitrogens with zero attached hydrogens (tertiary/aromatic N) is 3. The van der Waals surface area contributed by atoms with Crippen molar-refractivity contribution < 1.29 is 0 Å². The lowest BCUT2D eigenvalue weighted by Crippen LogP contribution is -2.30. The van der Waals surface area contributed by atoms with Crippen LogP contribution < -0.4 is 15.8 Å². The summed E-state index contributed by atoms with van der Waals surface area (Å²) in [4.78, 5) is 18.3. The first kappa shape index (κ1) is 13.9. The van der Waals surface area contributed by atoms with Gasteiger partial charge in [-0.2, -0.15) is 0 Å². The monoisotopic (exact) mass is 304 g/mol. The highest BCUT2D eigenvalue weighted by atomic mass is 35.5. The zero-order valence-corrected chi connectivity index (χ0v) is 12.5. The summed E-state index contributed by atoms with van der Waals surface area (Å²) < 4.78 is 1.52. The quantitative estimate of drug-likeness (QED) is 0.944. The third kappa shape index (κ3) is 2.88. The third-order valence-electron chi connectivity index (χ3n) is 3.74. The molecule has 0 aliphatic carbocycles. The molecular weight excluding hydrogens is 288 g/mol.